The molecular formula is C15H19ClN2O3. The van der Waals surface area contributed by atoms with Gasteiger partial charge in [-0.1, -0.05) is 6.07 Å². The third-order valence-corrected chi connectivity index (χ3v) is 3.82. The molecule has 0 spiro atoms. The molecule has 1 aromatic carbocycles. The molecule has 1 fully saturated rings. The summed E-state index contributed by atoms with van der Waals surface area (Å²) >= 11 is 5.91. The van der Waals surface area contributed by atoms with Gasteiger partial charge in [0, 0.05) is 12.3 Å². The Morgan fingerprint density at radius 1 is 1.43 bits per heavy atom. The van der Waals surface area contributed by atoms with Crippen LogP contribution in [0.15, 0.2) is 18.2 Å². The number of alkyl halides is 1. The Balaban J connectivity index is 1.99. The van der Waals surface area contributed by atoms with E-state index < -0.39 is 0 Å². The van der Waals surface area contributed by atoms with Gasteiger partial charge < -0.3 is 18.8 Å². The van der Waals surface area contributed by atoms with Crippen molar-refractivity contribution in [3.8, 4) is 5.75 Å². The van der Waals surface area contributed by atoms with E-state index in [0.717, 1.165) is 29.2 Å². The Morgan fingerprint density at radius 3 is 3.05 bits per heavy atom. The number of halogens is 1. The van der Waals surface area contributed by atoms with Crippen LogP contribution in [0.5, 0.6) is 5.75 Å². The molecule has 1 aliphatic heterocycles. The SMILES string of the molecule is COc1cccc2c1nc(CCCl)n2CC1COCCO1. The molecule has 1 saturated heterocycles. The lowest BCUT2D eigenvalue weighted by Crippen LogP contribution is -2.32. The van der Waals surface area contributed by atoms with Crippen molar-refractivity contribution in [2.45, 2.75) is 19.1 Å². The molecule has 2 heterocycles. The normalized spacial score (nSPS) is 19.0. The topological polar surface area (TPSA) is 45.5 Å². The molecule has 1 aliphatic rings. The molecule has 0 radical (unpaired) electrons. The Hall–Kier alpha value is -1.30. The fourth-order valence-corrected chi connectivity index (χ4v) is 2.83. The summed E-state index contributed by atoms with van der Waals surface area (Å²) in [6.07, 6.45) is 0.767. The van der Waals surface area contributed by atoms with Crippen molar-refractivity contribution in [3.05, 3.63) is 24.0 Å². The van der Waals surface area contributed by atoms with Crippen LogP contribution in [0.3, 0.4) is 0 Å². The number of hydrogen-bond donors (Lipinski definition) is 0. The average Bonchev–Trinajstić information content (AvgIpc) is 2.87. The van der Waals surface area contributed by atoms with E-state index in [0.29, 0.717) is 32.1 Å². The van der Waals surface area contributed by atoms with Crippen LogP contribution in [-0.2, 0) is 22.4 Å². The highest BCUT2D eigenvalue weighted by atomic mass is 35.5. The van der Waals surface area contributed by atoms with Crippen LogP contribution in [0.4, 0.5) is 0 Å². The van der Waals surface area contributed by atoms with Crippen LogP contribution in [0, 0.1) is 0 Å². The highest BCUT2D eigenvalue weighted by Gasteiger charge is 2.20. The van der Waals surface area contributed by atoms with E-state index in [9.17, 15) is 0 Å². The molecule has 3 rings (SSSR count). The quantitative estimate of drug-likeness (QED) is 0.795. The Morgan fingerprint density at radius 2 is 2.33 bits per heavy atom. The molecule has 1 aromatic heterocycles. The van der Waals surface area contributed by atoms with Crippen molar-refractivity contribution in [2.24, 2.45) is 0 Å². The summed E-state index contributed by atoms with van der Waals surface area (Å²) in [4.78, 5) is 4.70. The summed E-state index contributed by atoms with van der Waals surface area (Å²) in [6, 6.07) is 5.94. The number of fused-ring (bicyclic) bond motifs is 1. The van der Waals surface area contributed by atoms with E-state index in [1.807, 2.05) is 18.2 Å². The summed E-state index contributed by atoms with van der Waals surface area (Å²) < 4.78 is 18.8. The van der Waals surface area contributed by atoms with Crippen LogP contribution in [-0.4, -0.2) is 48.5 Å². The maximum Gasteiger partial charge on any atom is 0.146 e. The van der Waals surface area contributed by atoms with E-state index in [1.54, 1.807) is 7.11 Å². The maximum atomic E-state index is 5.91. The average molecular weight is 311 g/mol. The van der Waals surface area contributed by atoms with Crippen molar-refractivity contribution in [1.82, 2.24) is 9.55 Å². The minimum atomic E-state index is 0.0522. The van der Waals surface area contributed by atoms with Gasteiger partial charge in [-0.15, -0.1) is 11.6 Å². The van der Waals surface area contributed by atoms with E-state index in [4.69, 9.17) is 30.8 Å². The number of nitrogens with zero attached hydrogens (tertiary/aromatic N) is 2. The van der Waals surface area contributed by atoms with E-state index in [1.165, 1.54) is 0 Å². The zero-order chi connectivity index (χ0) is 14.7. The largest absolute Gasteiger partial charge is 0.494 e. The fraction of sp³-hybridized carbons (Fsp3) is 0.533. The van der Waals surface area contributed by atoms with Crippen molar-refractivity contribution >= 4 is 22.6 Å². The number of aryl methyl sites for hydroxylation is 1. The molecular weight excluding hydrogens is 292 g/mol. The third kappa shape index (κ3) is 3.00. The second-order valence-electron chi connectivity index (χ2n) is 4.97. The van der Waals surface area contributed by atoms with E-state index in [-0.39, 0.29) is 6.10 Å². The lowest BCUT2D eigenvalue weighted by atomic mass is 10.2. The molecule has 1 unspecified atom stereocenters. The van der Waals surface area contributed by atoms with Gasteiger partial charge in [0.05, 0.1) is 45.1 Å². The van der Waals surface area contributed by atoms with Crippen LogP contribution >= 0.6 is 11.6 Å². The van der Waals surface area contributed by atoms with Gasteiger partial charge in [-0.3, -0.25) is 0 Å². The number of rotatable bonds is 5. The lowest BCUT2D eigenvalue weighted by Gasteiger charge is -2.24. The minimum Gasteiger partial charge on any atom is -0.494 e. The van der Waals surface area contributed by atoms with Crippen LogP contribution in [0.1, 0.15) is 5.82 Å². The molecule has 0 amide bonds. The summed E-state index contributed by atoms with van der Waals surface area (Å²) in [5, 5.41) is 0. The van der Waals surface area contributed by atoms with Gasteiger partial charge in [0.15, 0.2) is 0 Å². The van der Waals surface area contributed by atoms with Crippen LogP contribution < -0.4 is 4.74 Å². The first-order valence-electron chi connectivity index (χ1n) is 7.11. The highest BCUT2D eigenvalue weighted by Crippen LogP contribution is 2.26. The van der Waals surface area contributed by atoms with Crippen molar-refractivity contribution in [3.63, 3.8) is 0 Å². The molecule has 21 heavy (non-hydrogen) atoms. The van der Waals surface area contributed by atoms with Crippen LogP contribution in [0.2, 0.25) is 0 Å². The van der Waals surface area contributed by atoms with Gasteiger partial charge in [0.25, 0.3) is 0 Å². The zero-order valence-corrected chi connectivity index (χ0v) is 12.8. The second kappa shape index (κ2) is 6.64. The molecule has 5 nitrogen and oxygen atoms in total. The molecule has 6 heteroatoms. The summed E-state index contributed by atoms with van der Waals surface area (Å²) in [5.74, 6) is 2.27. The Bertz CT molecular complexity index is 608. The molecule has 2 aromatic rings. The van der Waals surface area contributed by atoms with Crippen molar-refractivity contribution in [2.75, 3.05) is 32.8 Å². The van der Waals surface area contributed by atoms with Gasteiger partial charge in [-0.25, -0.2) is 4.98 Å². The maximum absolute atomic E-state index is 5.91. The monoisotopic (exact) mass is 310 g/mol. The number of para-hydroxylation sites is 1. The molecule has 0 aliphatic carbocycles. The standard InChI is InChI=1S/C15H19ClN2O3/c1-19-13-4-2-3-12-15(13)17-14(5-6-16)18(12)9-11-10-20-7-8-21-11/h2-4,11H,5-10H2,1H3. The molecule has 114 valence electrons. The number of methoxy groups -OCH3 is 1. The zero-order valence-electron chi connectivity index (χ0n) is 12.0. The Kier molecular flexibility index (Phi) is 4.63. The second-order valence-corrected chi connectivity index (χ2v) is 5.35. The number of benzene rings is 1. The predicted octanol–water partition coefficient (Wildman–Crippen LogP) is 2.24. The van der Waals surface area contributed by atoms with E-state index >= 15 is 0 Å². The number of hydrogen-bond acceptors (Lipinski definition) is 4. The van der Waals surface area contributed by atoms with Crippen molar-refractivity contribution < 1.29 is 14.2 Å². The smallest absolute Gasteiger partial charge is 0.146 e. The highest BCUT2D eigenvalue weighted by molar-refractivity contribution is 6.17. The molecule has 1 atom stereocenters. The van der Waals surface area contributed by atoms with Gasteiger partial charge in [-0.05, 0) is 12.1 Å². The number of ether oxygens (including phenoxy) is 3. The first-order valence-corrected chi connectivity index (χ1v) is 7.64. The third-order valence-electron chi connectivity index (χ3n) is 3.63. The van der Waals surface area contributed by atoms with Crippen molar-refractivity contribution in [1.29, 1.82) is 0 Å². The molecule has 0 saturated carbocycles. The summed E-state index contributed by atoms with van der Waals surface area (Å²) in [7, 11) is 1.66. The number of aromatic nitrogens is 2. The molecule has 0 bridgehead atoms. The number of imidazole rings is 1. The molecule has 0 N–H and O–H groups in total. The lowest BCUT2D eigenvalue weighted by molar-refractivity contribution is -0.0934. The van der Waals surface area contributed by atoms with Gasteiger partial charge in [-0.2, -0.15) is 0 Å². The summed E-state index contributed by atoms with van der Waals surface area (Å²) in [5.41, 5.74) is 1.92. The summed E-state index contributed by atoms with van der Waals surface area (Å²) in [6.45, 7) is 2.65. The van der Waals surface area contributed by atoms with Gasteiger partial charge in [0.1, 0.15) is 17.1 Å². The minimum absolute atomic E-state index is 0.0522. The Labute approximate surface area is 128 Å². The van der Waals surface area contributed by atoms with Gasteiger partial charge >= 0.3 is 0 Å². The predicted molar refractivity (Wildman–Crippen MR) is 81.3 cm³/mol. The van der Waals surface area contributed by atoms with E-state index in [2.05, 4.69) is 4.57 Å². The first kappa shape index (κ1) is 14.6. The fourth-order valence-electron chi connectivity index (χ4n) is 2.66. The van der Waals surface area contributed by atoms with Crippen LogP contribution in [0.25, 0.3) is 11.0 Å². The first-order chi connectivity index (χ1) is 10.3. The van der Waals surface area contributed by atoms with Gasteiger partial charge in [0.2, 0.25) is 0 Å².